The first-order valence-electron chi connectivity index (χ1n) is 8.09. The SMILES string of the molecule is CCOc1ccc2nc(SCC(=O)Nc3cccc(C)c3C)sc2c1. The molecule has 0 atom stereocenters. The van der Waals surface area contributed by atoms with Crippen molar-refractivity contribution in [3.8, 4) is 5.75 Å². The molecule has 0 fully saturated rings. The van der Waals surface area contributed by atoms with Crippen molar-refractivity contribution in [1.82, 2.24) is 4.98 Å². The molecule has 6 heteroatoms. The molecule has 25 heavy (non-hydrogen) atoms. The smallest absolute Gasteiger partial charge is 0.234 e. The molecule has 2 aromatic carbocycles. The number of carbonyl (C=O) groups is 1. The van der Waals surface area contributed by atoms with Crippen LogP contribution in [0.5, 0.6) is 5.75 Å². The van der Waals surface area contributed by atoms with Gasteiger partial charge in [0, 0.05) is 5.69 Å². The van der Waals surface area contributed by atoms with E-state index in [2.05, 4.69) is 10.3 Å². The summed E-state index contributed by atoms with van der Waals surface area (Å²) in [4.78, 5) is 16.8. The summed E-state index contributed by atoms with van der Waals surface area (Å²) in [5.41, 5.74) is 4.08. The zero-order valence-corrected chi connectivity index (χ0v) is 16.1. The molecule has 0 unspecified atom stereocenters. The third-order valence-electron chi connectivity index (χ3n) is 3.86. The second-order valence-electron chi connectivity index (χ2n) is 5.63. The summed E-state index contributed by atoms with van der Waals surface area (Å²) in [5.74, 6) is 1.17. The second kappa shape index (κ2) is 7.89. The standard InChI is InChI=1S/C19H20N2O2S2/c1-4-23-14-8-9-16-17(10-14)25-19(21-16)24-11-18(22)20-15-7-5-6-12(2)13(15)3/h5-10H,4,11H2,1-3H3,(H,20,22). The number of fused-ring (bicyclic) bond motifs is 1. The largest absolute Gasteiger partial charge is 0.494 e. The van der Waals surface area contributed by atoms with Crippen LogP contribution in [0.4, 0.5) is 5.69 Å². The molecule has 3 rings (SSSR count). The molecule has 3 aromatic rings. The van der Waals surface area contributed by atoms with Crippen LogP contribution in [-0.2, 0) is 4.79 Å². The average Bonchev–Trinajstić information content (AvgIpc) is 3.00. The van der Waals surface area contributed by atoms with Crippen molar-refractivity contribution in [2.24, 2.45) is 0 Å². The Morgan fingerprint density at radius 3 is 2.92 bits per heavy atom. The first kappa shape index (κ1) is 17.8. The second-order valence-corrected chi connectivity index (χ2v) is 7.88. The van der Waals surface area contributed by atoms with Gasteiger partial charge in [-0.05, 0) is 56.2 Å². The minimum absolute atomic E-state index is 0.0204. The molecular formula is C19H20N2O2S2. The van der Waals surface area contributed by atoms with Crippen molar-refractivity contribution in [2.45, 2.75) is 25.1 Å². The van der Waals surface area contributed by atoms with Crippen molar-refractivity contribution >= 4 is 44.9 Å². The molecule has 0 aliphatic heterocycles. The number of carbonyl (C=O) groups excluding carboxylic acids is 1. The molecule has 1 heterocycles. The summed E-state index contributed by atoms with van der Waals surface area (Å²) in [6.45, 7) is 6.66. The van der Waals surface area contributed by atoms with Crippen molar-refractivity contribution in [1.29, 1.82) is 0 Å². The third kappa shape index (κ3) is 4.32. The van der Waals surface area contributed by atoms with E-state index in [1.54, 1.807) is 11.3 Å². The summed E-state index contributed by atoms with van der Waals surface area (Å²) in [6, 6.07) is 11.8. The number of amides is 1. The predicted molar refractivity (Wildman–Crippen MR) is 106 cm³/mol. The van der Waals surface area contributed by atoms with Crippen LogP contribution in [0.3, 0.4) is 0 Å². The molecule has 4 nitrogen and oxygen atoms in total. The van der Waals surface area contributed by atoms with Gasteiger partial charge in [0.1, 0.15) is 5.75 Å². The highest BCUT2D eigenvalue weighted by atomic mass is 32.2. The number of aromatic nitrogens is 1. The molecule has 0 spiro atoms. The Morgan fingerprint density at radius 1 is 1.28 bits per heavy atom. The van der Waals surface area contributed by atoms with Crippen LogP contribution in [0.15, 0.2) is 40.7 Å². The summed E-state index contributed by atoms with van der Waals surface area (Å²) in [5, 5.41) is 2.98. The Morgan fingerprint density at radius 2 is 2.12 bits per heavy atom. The maximum Gasteiger partial charge on any atom is 0.234 e. The Hall–Kier alpha value is -2.05. The lowest BCUT2D eigenvalue weighted by Gasteiger charge is -2.09. The minimum Gasteiger partial charge on any atom is -0.494 e. The van der Waals surface area contributed by atoms with Gasteiger partial charge in [-0.1, -0.05) is 23.9 Å². The summed E-state index contributed by atoms with van der Waals surface area (Å²) >= 11 is 3.04. The number of thioether (sulfide) groups is 1. The zero-order valence-electron chi connectivity index (χ0n) is 14.5. The van der Waals surface area contributed by atoms with Crippen molar-refractivity contribution < 1.29 is 9.53 Å². The number of nitrogens with zero attached hydrogens (tertiary/aromatic N) is 1. The molecule has 1 N–H and O–H groups in total. The highest BCUT2D eigenvalue weighted by Crippen LogP contribution is 2.32. The van der Waals surface area contributed by atoms with E-state index in [1.165, 1.54) is 17.3 Å². The van der Waals surface area contributed by atoms with Crippen LogP contribution in [0, 0.1) is 13.8 Å². The molecule has 0 bridgehead atoms. The van der Waals surface area contributed by atoms with E-state index in [0.717, 1.165) is 31.6 Å². The van der Waals surface area contributed by atoms with Gasteiger partial charge in [0.15, 0.2) is 4.34 Å². The number of nitrogens with one attached hydrogen (secondary N) is 1. The average molecular weight is 373 g/mol. The first-order valence-corrected chi connectivity index (χ1v) is 9.89. The molecule has 0 aliphatic rings. The van der Waals surface area contributed by atoms with Gasteiger partial charge in [0.2, 0.25) is 5.91 Å². The number of rotatable bonds is 6. The highest BCUT2D eigenvalue weighted by Gasteiger charge is 2.10. The maximum absolute atomic E-state index is 12.2. The van der Waals surface area contributed by atoms with Crippen LogP contribution in [-0.4, -0.2) is 23.3 Å². The van der Waals surface area contributed by atoms with Crippen molar-refractivity contribution in [3.63, 3.8) is 0 Å². The van der Waals surface area contributed by atoms with Crippen LogP contribution < -0.4 is 10.1 Å². The Kier molecular flexibility index (Phi) is 5.60. The number of benzene rings is 2. The van der Waals surface area contributed by atoms with Gasteiger partial charge in [-0.15, -0.1) is 11.3 Å². The lowest BCUT2D eigenvalue weighted by Crippen LogP contribution is -2.15. The Balaban J connectivity index is 1.63. The lowest BCUT2D eigenvalue weighted by molar-refractivity contribution is -0.113. The molecule has 1 amide bonds. The van der Waals surface area contributed by atoms with Crippen LogP contribution in [0.1, 0.15) is 18.1 Å². The zero-order chi connectivity index (χ0) is 17.8. The normalized spacial score (nSPS) is 10.8. The summed E-state index contributed by atoms with van der Waals surface area (Å²) in [6.07, 6.45) is 0. The summed E-state index contributed by atoms with van der Waals surface area (Å²) in [7, 11) is 0. The Labute approximate surface area is 155 Å². The number of hydrogen-bond acceptors (Lipinski definition) is 5. The van der Waals surface area contributed by atoms with Gasteiger partial charge < -0.3 is 10.1 Å². The molecule has 0 saturated carbocycles. The quantitative estimate of drug-likeness (QED) is 0.616. The minimum atomic E-state index is -0.0204. The first-order chi connectivity index (χ1) is 12.1. The van der Waals surface area contributed by atoms with Gasteiger partial charge in [-0.3, -0.25) is 4.79 Å². The topological polar surface area (TPSA) is 51.2 Å². The van der Waals surface area contributed by atoms with Gasteiger partial charge in [-0.25, -0.2) is 4.98 Å². The van der Waals surface area contributed by atoms with Crippen LogP contribution in [0.25, 0.3) is 10.2 Å². The van der Waals surface area contributed by atoms with Gasteiger partial charge in [0.25, 0.3) is 0 Å². The number of anilines is 1. The fourth-order valence-corrected chi connectivity index (χ4v) is 4.30. The van der Waals surface area contributed by atoms with Gasteiger partial charge in [0.05, 0.1) is 22.6 Å². The fourth-order valence-electron chi connectivity index (χ4n) is 2.40. The van der Waals surface area contributed by atoms with E-state index in [4.69, 9.17) is 4.74 Å². The van der Waals surface area contributed by atoms with E-state index < -0.39 is 0 Å². The summed E-state index contributed by atoms with van der Waals surface area (Å²) < 4.78 is 7.48. The van der Waals surface area contributed by atoms with E-state index in [-0.39, 0.29) is 5.91 Å². The van der Waals surface area contributed by atoms with Crippen molar-refractivity contribution in [2.75, 3.05) is 17.7 Å². The fraction of sp³-hybridized carbons (Fsp3) is 0.263. The molecular weight excluding hydrogens is 352 g/mol. The van der Waals surface area contributed by atoms with E-state index in [9.17, 15) is 4.79 Å². The van der Waals surface area contributed by atoms with Crippen molar-refractivity contribution in [3.05, 3.63) is 47.5 Å². The predicted octanol–water partition coefficient (Wildman–Crippen LogP) is 5.04. The Bertz CT molecular complexity index is 906. The number of hydrogen-bond donors (Lipinski definition) is 1. The monoisotopic (exact) mass is 372 g/mol. The lowest BCUT2D eigenvalue weighted by atomic mass is 10.1. The molecule has 130 valence electrons. The number of ether oxygens (including phenoxy) is 1. The molecule has 1 aromatic heterocycles. The van der Waals surface area contributed by atoms with Gasteiger partial charge in [-0.2, -0.15) is 0 Å². The number of aryl methyl sites for hydroxylation is 1. The van der Waals surface area contributed by atoms with E-state index >= 15 is 0 Å². The molecule has 0 aliphatic carbocycles. The van der Waals surface area contributed by atoms with Crippen LogP contribution in [0.2, 0.25) is 0 Å². The van der Waals surface area contributed by atoms with Crippen LogP contribution >= 0.6 is 23.1 Å². The van der Waals surface area contributed by atoms with E-state index in [0.29, 0.717) is 12.4 Å². The van der Waals surface area contributed by atoms with E-state index in [1.807, 2.05) is 57.2 Å². The highest BCUT2D eigenvalue weighted by molar-refractivity contribution is 8.01. The third-order valence-corrected chi connectivity index (χ3v) is 6.02. The van der Waals surface area contributed by atoms with Gasteiger partial charge >= 0.3 is 0 Å². The number of thiazole rings is 1. The maximum atomic E-state index is 12.2. The molecule has 0 radical (unpaired) electrons. The molecule has 0 saturated heterocycles.